The van der Waals surface area contributed by atoms with E-state index in [9.17, 15) is 0 Å². The van der Waals surface area contributed by atoms with Gasteiger partial charge in [0.1, 0.15) is 11.3 Å². The third-order valence-corrected chi connectivity index (χ3v) is 10.2. The third kappa shape index (κ3) is 5.30. The van der Waals surface area contributed by atoms with Crippen LogP contribution in [-0.2, 0) is 0 Å². The third-order valence-electron chi connectivity index (χ3n) is 10.2. The first kappa shape index (κ1) is 30.0. The van der Waals surface area contributed by atoms with Gasteiger partial charge in [-0.25, -0.2) is 0 Å². The van der Waals surface area contributed by atoms with E-state index in [0.29, 0.717) is 0 Å². The quantitative estimate of drug-likeness (QED) is 0.176. The molecule has 2 heteroatoms. The van der Waals surface area contributed by atoms with E-state index in [-0.39, 0.29) is 0 Å². The molecule has 0 bridgehead atoms. The van der Waals surface area contributed by atoms with Crippen LogP contribution in [0.5, 0.6) is 0 Å². The first-order valence-electron chi connectivity index (χ1n) is 17.7. The van der Waals surface area contributed by atoms with Crippen LogP contribution in [0.25, 0.3) is 76.9 Å². The predicted molar refractivity (Wildman–Crippen MR) is 220 cm³/mol. The lowest BCUT2D eigenvalue weighted by Crippen LogP contribution is -2.10. The SMILES string of the molecule is c1cc(-c2ccc3cc(N(c4ccc(-c5cccc6ccccc56)cc4)c4cccc5ccccc45)ccc3c2)cc(-c2cc3ccccc3o2)c1. The normalized spacial score (nSPS) is 11.5. The van der Waals surface area contributed by atoms with Crippen molar-refractivity contribution in [3.8, 4) is 33.6 Å². The molecule has 52 heavy (non-hydrogen) atoms. The number of para-hydroxylation sites is 1. The fourth-order valence-corrected chi connectivity index (χ4v) is 7.63. The van der Waals surface area contributed by atoms with E-state index in [1.165, 1.54) is 49.0 Å². The lowest BCUT2D eigenvalue weighted by atomic mass is 9.97. The number of hydrogen-bond acceptors (Lipinski definition) is 2. The lowest BCUT2D eigenvalue weighted by Gasteiger charge is -2.27. The first-order chi connectivity index (χ1) is 25.7. The second-order valence-electron chi connectivity index (χ2n) is 13.4. The summed E-state index contributed by atoms with van der Waals surface area (Å²) in [6, 6.07) is 71.8. The van der Waals surface area contributed by atoms with Crippen molar-refractivity contribution >= 4 is 60.3 Å². The second-order valence-corrected chi connectivity index (χ2v) is 13.4. The largest absolute Gasteiger partial charge is 0.456 e. The Hall–Kier alpha value is -6.90. The first-order valence-corrected chi connectivity index (χ1v) is 17.7. The van der Waals surface area contributed by atoms with E-state index in [1.54, 1.807) is 0 Å². The Labute approximate surface area is 302 Å². The maximum absolute atomic E-state index is 6.19. The van der Waals surface area contributed by atoms with Gasteiger partial charge in [0.15, 0.2) is 0 Å². The summed E-state index contributed by atoms with van der Waals surface area (Å²) in [5, 5.41) is 8.43. The number of anilines is 3. The minimum atomic E-state index is 0.882. The minimum Gasteiger partial charge on any atom is -0.456 e. The van der Waals surface area contributed by atoms with Crippen LogP contribution >= 0.6 is 0 Å². The van der Waals surface area contributed by atoms with Crippen LogP contribution in [-0.4, -0.2) is 0 Å². The van der Waals surface area contributed by atoms with Crippen molar-refractivity contribution in [2.75, 3.05) is 4.90 Å². The molecule has 0 atom stereocenters. The number of fused-ring (bicyclic) bond motifs is 4. The summed E-state index contributed by atoms with van der Waals surface area (Å²) in [5.74, 6) is 0.882. The molecule has 0 spiro atoms. The van der Waals surface area contributed by atoms with Gasteiger partial charge in [0, 0.05) is 27.7 Å². The average Bonchev–Trinajstić information content (AvgIpc) is 3.66. The number of furan rings is 1. The molecule has 0 aliphatic heterocycles. The topological polar surface area (TPSA) is 16.4 Å². The minimum absolute atomic E-state index is 0.882. The van der Waals surface area contributed by atoms with Gasteiger partial charge in [-0.3, -0.25) is 0 Å². The smallest absolute Gasteiger partial charge is 0.135 e. The molecule has 0 unspecified atom stereocenters. The number of hydrogen-bond donors (Lipinski definition) is 0. The van der Waals surface area contributed by atoms with Crippen LogP contribution in [0.3, 0.4) is 0 Å². The molecule has 0 aliphatic rings. The Kier molecular flexibility index (Phi) is 7.18. The Morgan fingerprint density at radius 3 is 1.77 bits per heavy atom. The molecule has 244 valence electrons. The highest BCUT2D eigenvalue weighted by Crippen LogP contribution is 2.41. The molecule has 0 aliphatic carbocycles. The second kappa shape index (κ2) is 12.5. The summed E-state index contributed by atoms with van der Waals surface area (Å²) in [7, 11) is 0. The van der Waals surface area contributed by atoms with Gasteiger partial charge < -0.3 is 9.32 Å². The van der Waals surface area contributed by atoms with E-state index in [4.69, 9.17) is 4.42 Å². The van der Waals surface area contributed by atoms with Crippen LogP contribution in [0.4, 0.5) is 17.1 Å². The maximum Gasteiger partial charge on any atom is 0.135 e. The zero-order valence-corrected chi connectivity index (χ0v) is 28.4. The highest BCUT2D eigenvalue weighted by molar-refractivity contribution is 6.01. The van der Waals surface area contributed by atoms with Crippen LogP contribution < -0.4 is 4.90 Å². The molecule has 10 rings (SSSR count). The van der Waals surface area contributed by atoms with Crippen LogP contribution in [0.15, 0.2) is 205 Å². The van der Waals surface area contributed by atoms with Crippen molar-refractivity contribution in [1.82, 2.24) is 0 Å². The molecule has 10 aromatic rings. The van der Waals surface area contributed by atoms with Gasteiger partial charge in [-0.15, -0.1) is 0 Å². The fraction of sp³-hybridized carbons (Fsp3) is 0. The average molecular weight is 664 g/mol. The van der Waals surface area contributed by atoms with Crippen molar-refractivity contribution in [3.63, 3.8) is 0 Å². The Morgan fingerprint density at radius 2 is 0.923 bits per heavy atom. The molecule has 2 nitrogen and oxygen atoms in total. The zero-order valence-electron chi connectivity index (χ0n) is 28.4. The van der Waals surface area contributed by atoms with Crippen molar-refractivity contribution < 1.29 is 4.42 Å². The molecule has 0 saturated carbocycles. The molecule has 1 heterocycles. The molecule has 0 amide bonds. The summed E-state index contributed by atoms with van der Waals surface area (Å²) >= 11 is 0. The van der Waals surface area contributed by atoms with Gasteiger partial charge in [0.2, 0.25) is 0 Å². The number of nitrogens with zero attached hydrogens (tertiary/aromatic N) is 1. The maximum atomic E-state index is 6.19. The van der Waals surface area contributed by atoms with E-state index in [1.807, 2.05) is 18.2 Å². The fourth-order valence-electron chi connectivity index (χ4n) is 7.63. The van der Waals surface area contributed by atoms with Crippen molar-refractivity contribution in [1.29, 1.82) is 0 Å². The van der Waals surface area contributed by atoms with E-state index in [0.717, 1.165) is 44.9 Å². The molecule has 9 aromatic carbocycles. The van der Waals surface area contributed by atoms with Crippen LogP contribution in [0.2, 0.25) is 0 Å². The Balaban J connectivity index is 1.05. The standard InChI is InChI=1S/C50H33NO/c1-4-17-45-34(10-1)13-8-19-46(45)36-24-27-43(28-25-36)51(48-20-9-14-35-11-2-5-18-47(35)48)44-29-26-39-30-38(22-23-40(39)32-44)37-15-7-16-41(31-37)50-33-42-12-3-6-21-49(42)52-50/h1-33H. The molecule has 1 aromatic heterocycles. The summed E-state index contributed by atoms with van der Waals surface area (Å²) in [4.78, 5) is 2.39. The molecule has 0 N–H and O–H groups in total. The monoisotopic (exact) mass is 663 g/mol. The number of rotatable bonds is 6. The van der Waals surface area contributed by atoms with Crippen molar-refractivity contribution in [3.05, 3.63) is 200 Å². The highest BCUT2D eigenvalue weighted by Gasteiger charge is 2.17. The van der Waals surface area contributed by atoms with Crippen molar-refractivity contribution in [2.24, 2.45) is 0 Å². The molecule has 0 saturated heterocycles. The van der Waals surface area contributed by atoms with Crippen LogP contribution in [0, 0.1) is 0 Å². The molecule has 0 radical (unpaired) electrons. The molecule has 0 fully saturated rings. The van der Waals surface area contributed by atoms with Gasteiger partial charge >= 0.3 is 0 Å². The summed E-state index contributed by atoms with van der Waals surface area (Å²) in [5.41, 5.74) is 10.1. The molecular weight excluding hydrogens is 631 g/mol. The predicted octanol–water partition coefficient (Wildman–Crippen LogP) is 14.4. The van der Waals surface area contributed by atoms with Crippen LogP contribution in [0.1, 0.15) is 0 Å². The van der Waals surface area contributed by atoms with Gasteiger partial charge in [-0.1, -0.05) is 146 Å². The van der Waals surface area contributed by atoms with Gasteiger partial charge in [-0.05, 0) is 104 Å². The highest BCUT2D eigenvalue weighted by atomic mass is 16.3. The Bertz CT molecular complexity index is 2870. The molecular formula is C50H33NO. The van der Waals surface area contributed by atoms with Gasteiger partial charge in [0.05, 0.1) is 5.69 Å². The van der Waals surface area contributed by atoms with Crippen molar-refractivity contribution in [2.45, 2.75) is 0 Å². The number of benzene rings is 9. The van der Waals surface area contributed by atoms with Gasteiger partial charge in [0.25, 0.3) is 0 Å². The summed E-state index contributed by atoms with van der Waals surface area (Å²) in [6.07, 6.45) is 0. The summed E-state index contributed by atoms with van der Waals surface area (Å²) < 4.78 is 6.19. The summed E-state index contributed by atoms with van der Waals surface area (Å²) in [6.45, 7) is 0. The van der Waals surface area contributed by atoms with Gasteiger partial charge in [-0.2, -0.15) is 0 Å². The zero-order chi connectivity index (χ0) is 34.4. The van der Waals surface area contributed by atoms with E-state index in [2.05, 4.69) is 187 Å². The lowest BCUT2D eigenvalue weighted by molar-refractivity contribution is 0.631. The van der Waals surface area contributed by atoms with E-state index < -0.39 is 0 Å². The Morgan fingerprint density at radius 1 is 0.327 bits per heavy atom. The van der Waals surface area contributed by atoms with E-state index >= 15 is 0 Å².